The van der Waals surface area contributed by atoms with Crippen LogP contribution in [0.15, 0.2) is 36.5 Å². The maximum atomic E-state index is 12.8. The molecule has 2 aliphatic heterocycles. The van der Waals surface area contributed by atoms with Crippen LogP contribution >= 0.6 is 0 Å². The monoisotopic (exact) mass is 514 g/mol. The first-order valence-electron chi connectivity index (χ1n) is 13.0. The van der Waals surface area contributed by atoms with Crippen molar-refractivity contribution in [1.82, 2.24) is 24.4 Å². The maximum absolute atomic E-state index is 12.8. The number of ether oxygens (including phenoxy) is 2. The average molecular weight is 515 g/mol. The van der Waals surface area contributed by atoms with Crippen LogP contribution in [-0.2, 0) is 29.5 Å². The van der Waals surface area contributed by atoms with E-state index in [1.165, 1.54) is 0 Å². The lowest BCUT2D eigenvalue weighted by Gasteiger charge is -2.37. The summed E-state index contributed by atoms with van der Waals surface area (Å²) in [7, 11) is 1.93. The highest BCUT2D eigenvalue weighted by molar-refractivity contribution is 5.69. The van der Waals surface area contributed by atoms with Gasteiger partial charge in [0.25, 0.3) is 0 Å². The average Bonchev–Trinajstić information content (AvgIpc) is 3.27. The second-order valence-corrected chi connectivity index (χ2v) is 10.7. The highest BCUT2D eigenvalue weighted by Gasteiger charge is 2.31. The molecular weight excluding hydrogens is 480 g/mol. The lowest BCUT2D eigenvalue weighted by atomic mass is 10.0. The summed E-state index contributed by atoms with van der Waals surface area (Å²) in [5, 5.41) is 0. The van der Waals surface area contributed by atoms with Gasteiger partial charge in [-0.2, -0.15) is 0 Å². The molecule has 1 atom stereocenters. The molecule has 0 N–H and O–H groups in total. The van der Waals surface area contributed by atoms with Crippen molar-refractivity contribution in [3.63, 3.8) is 0 Å². The van der Waals surface area contributed by atoms with E-state index in [0.717, 1.165) is 34.9 Å². The fourth-order valence-corrected chi connectivity index (χ4v) is 4.67. The Balaban J connectivity index is 1.49. The molecule has 0 bridgehead atoms. The van der Waals surface area contributed by atoms with E-state index >= 15 is 0 Å². The van der Waals surface area contributed by atoms with Crippen LogP contribution in [0.4, 0.5) is 10.6 Å². The first-order chi connectivity index (χ1) is 18.2. The van der Waals surface area contributed by atoms with Crippen LogP contribution in [0.3, 0.4) is 0 Å². The number of aryl methyl sites for hydroxylation is 1. The predicted molar refractivity (Wildman–Crippen MR) is 145 cm³/mol. The molecule has 2 aliphatic rings. The first kappa shape index (κ1) is 25.7. The van der Waals surface area contributed by atoms with Crippen LogP contribution in [0.25, 0.3) is 11.3 Å². The Labute approximate surface area is 223 Å². The van der Waals surface area contributed by atoms with Gasteiger partial charge in [-0.1, -0.05) is 30.3 Å². The Morgan fingerprint density at radius 3 is 2.63 bits per heavy atom. The van der Waals surface area contributed by atoms with Crippen molar-refractivity contribution in [2.24, 2.45) is 7.05 Å². The molecule has 1 saturated heterocycles. The number of anilines is 1. The molecule has 1 amide bonds. The Kier molecular flexibility index (Phi) is 7.09. The lowest BCUT2D eigenvalue weighted by Crippen LogP contribution is -2.46. The summed E-state index contributed by atoms with van der Waals surface area (Å²) in [4.78, 5) is 31.2. The van der Waals surface area contributed by atoms with Crippen LogP contribution in [0, 0.1) is 11.8 Å². The van der Waals surface area contributed by atoms with E-state index in [2.05, 4.69) is 23.7 Å². The largest absolute Gasteiger partial charge is 0.444 e. The summed E-state index contributed by atoms with van der Waals surface area (Å²) in [6, 6.07) is 10.2. The number of benzene rings is 1. The quantitative estimate of drug-likeness (QED) is 0.481. The number of aromatic nitrogens is 4. The molecule has 5 rings (SSSR count). The van der Waals surface area contributed by atoms with Crippen LogP contribution in [0.5, 0.6) is 0 Å². The lowest BCUT2D eigenvalue weighted by molar-refractivity contribution is 0.0220. The normalized spacial score (nSPS) is 17.4. The molecule has 0 radical (unpaired) electrons. The summed E-state index contributed by atoms with van der Waals surface area (Å²) in [6.45, 7) is 10.7. The van der Waals surface area contributed by atoms with Crippen LogP contribution in [0.1, 0.15) is 50.6 Å². The summed E-state index contributed by atoms with van der Waals surface area (Å²) in [5.74, 6) is 8.22. The SMILES string of the molecule is C[C@H]1COCCN1c1nc(C#Cc2nc(-c3ccccc3)cn2C)nc2c1CCN(C(=O)OC(C)(C)C)C2. The van der Waals surface area contributed by atoms with Gasteiger partial charge < -0.3 is 23.8 Å². The van der Waals surface area contributed by atoms with E-state index in [1.54, 1.807) is 4.90 Å². The summed E-state index contributed by atoms with van der Waals surface area (Å²) in [6.07, 6.45) is 2.28. The number of rotatable bonds is 2. The standard InChI is InChI=1S/C29H34N6O3/c1-20-19-37-16-15-35(20)27-22-13-14-34(28(36)38-29(2,3)4)18-24(22)30-25(32-27)11-12-26-31-23(17-33(26)5)21-9-7-6-8-10-21/h6-10,17,20H,13-16,18-19H2,1-5H3/t20-/m0/s1. The Bertz CT molecular complexity index is 1380. The van der Waals surface area contributed by atoms with E-state index < -0.39 is 5.60 Å². The molecule has 0 aliphatic carbocycles. The van der Waals surface area contributed by atoms with Gasteiger partial charge in [0.1, 0.15) is 11.4 Å². The molecule has 0 saturated carbocycles. The Morgan fingerprint density at radius 2 is 1.89 bits per heavy atom. The van der Waals surface area contributed by atoms with Gasteiger partial charge in [0, 0.05) is 37.5 Å². The zero-order valence-corrected chi connectivity index (χ0v) is 22.7. The third kappa shape index (κ3) is 5.65. The number of carbonyl (C=O) groups excluding carboxylic acids is 1. The van der Waals surface area contributed by atoms with Crippen molar-refractivity contribution in [3.05, 3.63) is 59.4 Å². The second-order valence-electron chi connectivity index (χ2n) is 10.7. The van der Waals surface area contributed by atoms with Crippen LogP contribution in [-0.4, -0.2) is 68.5 Å². The van der Waals surface area contributed by atoms with Gasteiger partial charge in [-0.3, -0.25) is 0 Å². The minimum absolute atomic E-state index is 0.176. The number of amides is 1. The van der Waals surface area contributed by atoms with Gasteiger partial charge in [-0.05, 0) is 46.0 Å². The number of imidazole rings is 1. The topological polar surface area (TPSA) is 85.6 Å². The molecule has 3 aromatic rings. The van der Waals surface area contributed by atoms with E-state index in [1.807, 2.05) is 68.9 Å². The van der Waals surface area contributed by atoms with Crippen molar-refractivity contribution in [1.29, 1.82) is 0 Å². The van der Waals surface area contributed by atoms with Gasteiger partial charge >= 0.3 is 6.09 Å². The van der Waals surface area contributed by atoms with Crippen molar-refractivity contribution in [2.45, 2.75) is 52.3 Å². The molecule has 9 heteroatoms. The molecule has 9 nitrogen and oxygen atoms in total. The van der Waals surface area contributed by atoms with Gasteiger partial charge in [0.05, 0.1) is 37.2 Å². The molecule has 0 spiro atoms. The molecule has 2 aromatic heterocycles. The van der Waals surface area contributed by atoms with Crippen molar-refractivity contribution in [3.8, 4) is 23.1 Å². The number of nitrogens with zero attached hydrogens (tertiary/aromatic N) is 6. The first-order valence-corrected chi connectivity index (χ1v) is 13.0. The fraction of sp³-hybridized carbons (Fsp3) is 0.448. The van der Waals surface area contributed by atoms with Crippen molar-refractivity contribution in [2.75, 3.05) is 31.2 Å². The number of hydrogen-bond donors (Lipinski definition) is 0. The summed E-state index contributed by atoms with van der Waals surface area (Å²) in [5.41, 5.74) is 3.20. The number of morpholine rings is 1. The van der Waals surface area contributed by atoms with Crippen molar-refractivity contribution >= 4 is 11.9 Å². The molecule has 38 heavy (non-hydrogen) atoms. The Hall–Kier alpha value is -3.90. The van der Waals surface area contributed by atoms with E-state index in [-0.39, 0.29) is 12.1 Å². The minimum atomic E-state index is -0.561. The van der Waals surface area contributed by atoms with Gasteiger partial charge in [-0.15, -0.1) is 0 Å². The van der Waals surface area contributed by atoms with E-state index in [0.29, 0.717) is 44.4 Å². The number of hydrogen-bond acceptors (Lipinski definition) is 7. The third-order valence-corrected chi connectivity index (χ3v) is 6.57. The molecule has 1 fully saturated rings. The molecular formula is C29H34N6O3. The second kappa shape index (κ2) is 10.5. The smallest absolute Gasteiger partial charge is 0.410 e. The third-order valence-electron chi connectivity index (χ3n) is 6.57. The van der Waals surface area contributed by atoms with E-state index in [9.17, 15) is 4.79 Å². The Morgan fingerprint density at radius 1 is 1.11 bits per heavy atom. The minimum Gasteiger partial charge on any atom is -0.444 e. The highest BCUT2D eigenvalue weighted by atomic mass is 16.6. The molecule has 0 unspecified atom stereocenters. The van der Waals surface area contributed by atoms with E-state index in [4.69, 9.17) is 24.4 Å². The maximum Gasteiger partial charge on any atom is 0.410 e. The number of carbonyl (C=O) groups is 1. The zero-order chi connectivity index (χ0) is 26.9. The van der Waals surface area contributed by atoms with Crippen LogP contribution < -0.4 is 4.90 Å². The van der Waals surface area contributed by atoms with Crippen molar-refractivity contribution < 1.29 is 14.3 Å². The molecule has 4 heterocycles. The summed E-state index contributed by atoms with van der Waals surface area (Å²) >= 11 is 0. The summed E-state index contributed by atoms with van der Waals surface area (Å²) < 4.78 is 13.2. The van der Waals surface area contributed by atoms with Gasteiger partial charge in [-0.25, -0.2) is 19.7 Å². The van der Waals surface area contributed by atoms with Gasteiger partial charge in [0.15, 0.2) is 5.82 Å². The molecule has 1 aromatic carbocycles. The number of fused-ring (bicyclic) bond motifs is 1. The fourth-order valence-electron chi connectivity index (χ4n) is 4.67. The zero-order valence-electron chi connectivity index (χ0n) is 22.7. The predicted octanol–water partition coefficient (Wildman–Crippen LogP) is 3.80. The molecule has 198 valence electrons. The van der Waals surface area contributed by atoms with Gasteiger partial charge in [0.2, 0.25) is 5.82 Å². The highest BCUT2D eigenvalue weighted by Crippen LogP contribution is 2.29. The van der Waals surface area contributed by atoms with Crippen LogP contribution in [0.2, 0.25) is 0 Å².